The molecule has 1 aromatic carbocycles. The third-order valence-corrected chi connectivity index (χ3v) is 3.85. The number of benzene rings is 1. The number of rotatable bonds is 5. The van der Waals surface area contributed by atoms with Crippen LogP contribution in [0.3, 0.4) is 0 Å². The predicted molar refractivity (Wildman–Crippen MR) is 76.4 cm³/mol. The quantitative estimate of drug-likeness (QED) is 0.896. The Kier molecular flexibility index (Phi) is 4.77. The summed E-state index contributed by atoms with van der Waals surface area (Å²) in [4.78, 5) is 24.6. The molecule has 0 bridgehead atoms. The van der Waals surface area contributed by atoms with Crippen molar-refractivity contribution in [2.45, 2.75) is 32.6 Å². The van der Waals surface area contributed by atoms with Crippen molar-refractivity contribution in [2.75, 3.05) is 13.1 Å². The van der Waals surface area contributed by atoms with Gasteiger partial charge in [0.1, 0.15) is 0 Å². The smallest absolute Gasteiger partial charge is 0.303 e. The minimum Gasteiger partial charge on any atom is -0.481 e. The molecule has 1 aromatic rings. The summed E-state index contributed by atoms with van der Waals surface area (Å²) < 4.78 is 0. The Morgan fingerprint density at radius 1 is 1.30 bits per heavy atom. The Balaban J connectivity index is 1.78. The van der Waals surface area contributed by atoms with Crippen LogP contribution in [-0.4, -0.2) is 35.0 Å². The summed E-state index contributed by atoms with van der Waals surface area (Å²) in [5.41, 5.74) is 2.39. The van der Waals surface area contributed by atoms with Gasteiger partial charge in [-0.05, 0) is 31.2 Å². The van der Waals surface area contributed by atoms with Crippen LogP contribution >= 0.6 is 0 Å². The highest BCUT2D eigenvalue weighted by atomic mass is 16.4. The van der Waals surface area contributed by atoms with Crippen LogP contribution in [-0.2, 0) is 16.0 Å². The van der Waals surface area contributed by atoms with Crippen molar-refractivity contribution >= 4 is 11.9 Å². The lowest BCUT2D eigenvalue weighted by atomic mass is 10.1. The van der Waals surface area contributed by atoms with E-state index in [9.17, 15) is 9.59 Å². The van der Waals surface area contributed by atoms with Crippen molar-refractivity contribution in [1.29, 1.82) is 0 Å². The van der Waals surface area contributed by atoms with Gasteiger partial charge in [-0.3, -0.25) is 9.59 Å². The Labute approximate surface area is 119 Å². The molecule has 1 unspecified atom stereocenters. The van der Waals surface area contributed by atoms with E-state index in [0.29, 0.717) is 19.5 Å². The van der Waals surface area contributed by atoms with Gasteiger partial charge in [0.25, 0.3) is 0 Å². The molecule has 0 spiro atoms. The molecule has 2 rings (SSSR count). The van der Waals surface area contributed by atoms with E-state index in [4.69, 9.17) is 5.11 Å². The van der Waals surface area contributed by atoms with Crippen molar-refractivity contribution in [3.05, 3.63) is 35.4 Å². The van der Waals surface area contributed by atoms with Crippen molar-refractivity contribution < 1.29 is 14.7 Å². The van der Waals surface area contributed by atoms with Gasteiger partial charge < -0.3 is 10.0 Å². The fourth-order valence-electron chi connectivity index (χ4n) is 2.64. The topological polar surface area (TPSA) is 57.6 Å². The summed E-state index contributed by atoms with van der Waals surface area (Å²) in [5.74, 6) is -0.516. The minimum absolute atomic E-state index is 0.121. The molecular weight excluding hydrogens is 254 g/mol. The van der Waals surface area contributed by atoms with E-state index >= 15 is 0 Å². The SMILES string of the molecule is Cc1ccc(CCC(=O)N2CCC(CC(=O)O)C2)cc1. The Bertz CT molecular complexity index is 481. The minimum atomic E-state index is -0.774. The average molecular weight is 275 g/mol. The van der Waals surface area contributed by atoms with Gasteiger partial charge in [-0.25, -0.2) is 0 Å². The van der Waals surface area contributed by atoms with E-state index in [1.165, 1.54) is 11.1 Å². The summed E-state index contributed by atoms with van der Waals surface area (Å²) >= 11 is 0. The maximum atomic E-state index is 12.1. The number of aliphatic carboxylic acids is 1. The summed E-state index contributed by atoms with van der Waals surface area (Å²) in [6.45, 7) is 3.34. The van der Waals surface area contributed by atoms with Crippen LogP contribution in [0.15, 0.2) is 24.3 Å². The molecule has 4 nitrogen and oxygen atoms in total. The number of amides is 1. The van der Waals surface area contributed by atoms with Crippen molar-refractivity contribution in [1.82, 2.24) is 4.90 Å². The Morgan fingerprint density at radius 2 is 2.00 bits per heavy atom. The second-order valence-electron chi connectivity index (χ2n) is 5.58. The number of hydrogen-bond acceptors (Lipinski definition) is 2. The molecule has 1 fully saturated rings. The third-order valence-electron chi connectivity index (χ3n) is 3.85. The second-order valence-corrected chi connectivity index (χ2v) is 5.58. The fourth-order valence-corrected chi connectivity index (χ4v) is 2.64. The first-order chi connectivity index (χ1) is 9.54. The monoisotopic (exact) mass is 275 g/mol. The zero-order chi connectivity index (χ0) is 14.5. The normalized spacial score (nSPS) is 18.2. The molecule has 1 aliphatic heterocycles. The lowest BCUT2D eigenvalue weighted by Crippen LogP contribution is -2.29. The van der Waals surface area contributed by atoms with Crippen LogP contribution < -0.4 is 0 Å². The van der Waals surface area contributed by atoms with Crippen LogP contribution in [0.4, 0.5) is 0 Å². The standard InChI is InChI=1S/C16H21NO3/c1-12-2-4-13(5-3-12)6-7-15(18)17-9-8-14(11-17)10-16(19)20/h2-5,14H,6-11H2,1H3,(H,19,20). The molecular formula is C16H21NO3. The molecule has 20 heavy (non-hydrogen) atoms. The number of likely N-dealkylation sites (tertiary alicyclic amines) is 1. The highest BCUT2D eigenvalue weighted by Gasteiger charge is 2.27. The van der Waals surface area contributed by atoms with E-state index in [1.807, 2.05) is 11.8 Å². The highest BCUT2D eigenvalue weighted by molar-refractivity contribution is 5.77. The maximum absolute atomic E-state index is 12.1. The number of hydrogen-bond donors (Lipinski definition) is 1. The number of carboxylic acids is 1. The van der Waals surface area contributed by atoms with Crippen LogP contribution in [0, 0.1) is 12.8 Å². The van der Waals surface area contributed by atoms with Gasteiger partial charge in [0.05, 0.1) is 0 Å². The summed E-state index contributed by atoms with van der Waals surface area (Å²) in [6, 6.07) is 8.22. The molecule has 1 aliphatic rings. The Morgan fingerprint density at radius 3 is 2.65 bits per heavy atom. The van der Waals surface area contributed by atoms with Crippen LogP contribution in [0.2, 0.25) is 0 Å². The van der Waals surface area contributed by atoms with Crippen LogP contribution in [0.25, 0.3) is 0 Å². The van der Waals surface area contributed by atoms with Gasteiger partial charge in [0, 0.05) is 25.9 Å². The lowest BCUT2D eigenvalue weighted by molar-refractivity contribution is -0.138. The van der Waals surface area contributed by atoms with E-state index in [2.05, 4.69) is 24.3 Å². The van der Waals surface area contributed by atoms with Crippen molar-refractivity contribution in [3.8, 4) is 0 Å². The zero-order valence-electron chi connectivity index (χ0n) is 11.8. The molecule has 0 aromatic heterocycles. The Hall–Kier alpha value is -1.84. The van der Waals surface area contributed by atoms with Gasteiger partial charge in [-0.15, -0.1) is 0 Å². The lowest BCUT2D eigenvalue weighted by Gasteiger charge is -2.16. The first kappa shape index (κ1) is 14.6. The van der Waals surface area contributed by atoms with Crippen LogP contribution in [0.1, 0.15) is 30.4 Å². The number of nitrogens with zero attached hydrogens (tertiary/aromatic N) is 1. The van der Waals surface area contributed by atoms with Gasteiger partial charge in [-0.2, -0.15) is 0 Å². The van der Waals surface area contributed by atoms with Crippen molar-refractivity contribution in [3.63, 3.8) is 0 Å². The van der Waals surface area contributed by atoms with Crippen LogP contribution in [0.5, 0.6) is 0 Å². The fraction of sp³-hybridized carbons (Fsp3) is 0.500. The summed E-state index contributed by atoms with van der Waals surface area (Å²) in [6.07, 6.45) is 2.23. The number of carbonyl (C=O) groups excluding carboxylic acids is 1. The van der Waals surface area contributed by atoms with E-state index in [-0.39, 0.29) is 18.2 Å². The summed E-state index contributed by atoms with van der Waals surface area (Å²) in [7, 11) is 0. The molecule has 4 heteroatoms. The first-order valence-electron chi connectivity index (χ1n) is 7.09. The number of carbonyl (C=O) groups is 2. The number of carboxylic acid groups (broad SMARTS) is 1. The zero-order valence-corrected chi connectivity index (χ0v) is 11.8. The van der Waals surface area contributed by atoms with Gasteiger partial charge in [0.2, 0.25) is 5.91 Å². The molecule has 1 heterocycles. The van der Waals surface area contributed by atoms with E-state index < -0.39 is 5.97 Å². The molecule has 1 atom stereocenters. The predicted octanol–water partition coefficient (Wildman–Crippen LogP) is 2.25. The summed E-state index contributed by atoms with van der Waals surface area (Å²) in [5, 5.41) is 8.77. The average Bonchev–Trinajstić information content (AvgIpc) is 2.85. The van der Waals surface area contributed by atoms with Gasteiger partial charge in [-0.1, -0.05) is 29.8 Å². The highest BCUT2D eigenvalue weighted by Crippen LogP contribution is 2.20. The second kappa shape index (κ2) is 6.55. The molecule has 1 amide bonds. The molecule has 1 saturated heterocycles. The number of aryl methyl sites for hydroxylation is 2. The molecule has 108 valence electrons. The molecule has 0 radical (unpaired) electrons. The van der Waals surface area contributed by atoms with E-state index in [0.717, 1.165) is 12.8 Å². The van der Waals surface area contributed by atoms with E-state index in [1.54, 1.807) is 0 Å². The molecule has 1 N–H and O–H groups in total. The largest absolute Gasteiger partial charge is 0.481 e. The van der Waals surface area contributed by atoms with Gasteiger partial charge >= 0.3 is 5.97 Å². The molecule has 0 aliphatic carbocycles. The van der Waals surface area contributed by atoms with Crippen molar-refractivity contribution in [2.24, 2.45) is 5.92 Å². The third kappa shape index (κ3) is 4.08. The van der Waals surface area contributed by atoms with Gasteiger partial charge in [0.15, 0.2) is 0 Å². The molecule has 0 saturated carbocycles. The maximum Gasteiger partial charge on any atom is 0.303 e. The first-order valence-corrected chi connectivity index (χ1v) is 7.09.